The third-order valence-electron chi connectivity index (χ3n) is 4.35. The van der Waals surface area contributed by atoms with Crippen molar-refractivity contribution in [1.82, 2.24) is 0 Å². The maximum absolute atomic E-state index is 13.0. The van der Waals surface area contributed by atoms with E-state index < -0.39 is 22.9 Å². The molecule has 0 aromatic heterocycles. The highest BCUT2D eigenvalue weighted by Crippen LogP contribution is 2.36. The fourth-order valence-electron chi connectivity index (χ4n) is 2.82. The van der Waals surface area contributed by atoms with E-state index in [1.807, 2.05) is 0 Å². The summed E-state index contributed by atoms with van der Waals surface area (Å²) in [7, 11) is 0. The fraction of sp³-hybridized carbons (Fsp3) is 0. The Morgan fingerprint density at radius 3 is 2.23 bits per heavy atom. The van der Waals surface area contributed by atoms with Crippen molar-refractivity contribution >= 4 is 52.2 Å². The quantitative estimate of drug-likeness (QED) is 0.278. The molecule has 0 saturated carbocycles. The predicted molar refractivity (Wildman–Crippen MR) is 118 cm³/mol. The number of hydrogen-bond acceptors (Lipinski definition) is 5. The van der Waals surface area contributed by atoms with E-state index in [0.717, 1.165) is 16.7 Å². The number of halogens is 2. The molecule has 0 bridgehead atoms. The minimum atomic E-state index is -0.614. The minimum absolute atomic E-state index is 0.223. The number of benzene rings is 3. The predicted octanol–water partition coefficient (Wildman–Crippen LogP) is 5.94. The van der Waals surface area contributed by atoms with E-state index in [0.29, 0.717) is 22.0 Å². The van der Waals surface area contributed by atoms with Crippen LogP contribution in [0.25, 0.3) is 6.08 Å². The molecule has 31 heavy (non-hydrogen) atoms. The first kappa shape index (κ1) is 20.8. The number of anilines is 1. The molecule has 0 N–H and O–H groups in total. The lowest BCUT2D eigenvalue weighted by Gasteiger charge is -2.12. The first-order valence-corrected chi connectivity index (χ1v) is 10.2. The molecule has 8 heteroatoms. The monoisotopic (exact) mass is 453 g/mol. The Kier molecular flexibility index (Phi) is 5.88. The minimum Gasteiger partial charge on any atom is -0.423 e. The number of carbonyl (C=O) groups is 3. The summed E-state index contributed by atoms with van der Waals surface area (Å²) in [6.07, 6.45) is 1.59. The highest BCUT2D eigenvalue weighted by Gasteiger charge is 2.36. The molecule has 154 valence electrons. The first-order valence-electron chi connectivity index (χ1n) is 9.02. The van der Waals surface area contributed by atoms with Crippen LogP contribution in [0.3, 0.4) is 0 Å². The van der Waals surface area contributed by atoms with Gasteiger partial charge in [-0.25, -0.2) is 14.1 Å². The normalized spacial score (nSPS) is 14.9. The molecular formula is C23H13ClFNO4S. The molecule has 2 amide bonds. The summed E-state index contributed by atoms with van der Waals surface area (Å²) in [5.74, 6) is -1.19. The summed E-state index contributed by atoms with van der Waals surface area (Å²) >= 11 is 6.70. The van der Waals surface area contributed by atoms with Gasteiger partial charge in [0.05, 0.1) is 16.2 Å². The summed E-state index contributed by atoms with van der Waals surface area (Å²) in [5, 5.41) is 0.106. The van der Waals surface area contributed by atoms with Gasteiger partial charge in [-0.1, -0.05) is 23.7 Å². The topological polar surface area (TPSA) is 63.7 Å². The van der Waals surface area contributed by atoms with Gasteiger partial charge in [-0.15, -0.1) is 0 Å². The van der Waals surface area contributed by atoms with Gasteiger partial charge < -0.3 is 4.74 Å². The Balaban J connectivity index is 1.47. The third kappa shape index (κ3) is 4.68. The van der Waals surface area contributed by atoms with E-state index in [-0.39, 0.29) is 10.5 Å². The van der Waals surface area contributed by atoms with Crippen LogP contribution in [0, 0.1) is 5.82 Å². The number of rotatable bonds is 4. The zero-order valence-corrected chi connectivity index (χ0v) is 17.3. The first-order chi connectivity index (χ1) is 14.9. The standard InChI is InChI=1S/C23H13ClFNO4S/c24-16-5-9-18(10-6-16)26-21(27)20(31-23(26)29)13-14-1-11-19(12-2-14)30-22(28)15-3-7-17(25)8-4-15/h1-13H/b20-13-. The van der Waals surface area contributed by atoms with E-state index in [9.17, 15) is 18.8 Å². The van der Waals surface area contributed by atoms with Gasteiger partial charge in [-0.2, -0.15) is 0 Å². The molecule has 0 atom stereocenters. The molecule has 0 spiro atoms. The second-order valence-electron chi connectivity index (χ2n) is 6.46. The molecule has 4 rings (SSSR count). The molecule has 0 unspecified atom stereocenters. The zero-order valence-electron chi connectivity index (χ0n) is 15.7. The lowest BCUT2D eigenvalue weighted by Crippen LogP contribution is -2.27. The molecule has 5 nitrogen and oxygen atoms in total. The van der Waals surface area contributed by atoms with Crippen LogP contribution < -0.4 is 9.64 Å². The lowest BCUT2D eigenvalue weighted by atomic mass is 10.2. The highest BCUT2D eigenvalue weighted by atomic mass is 35.5. The Bertz CT molecular complexity index is 1190. The molecule has 1 saturated heterocycles. The third-order valence-corrected chi connectivity index (χ3v) is 5.47. The number of esters is 1. The molecule has 0 aliphatic carbocycles. The lowest BCUT2D eigenvalue weighted by molar-refractivity contribution is -0.113. The van der Waals surface area contributed by atoms with Gasteiger partial charge in [-0.05, 0) is 84.1 Å². The number of thioether (sulfide) groups is 1. The fourth-order valence-corrected chi connectivity index (χ4v) is 3.78. The average Bonchev–Trinajstić information content (AvgIpc) is 3.03. The summed E-state index contributed by atoms with van der Waals surface area (Å²) in [5.41, 5.74) is 1.32. The van der Waals surface area contributed by atoms with Gasteiger partial charge >= 0.3 is 5.97 Å². The maximum Gasteiger partial charge on any atom is 0.343 e. The Morgan fingerprint density at radius 1 is 0.935 bits per heavy atom. The largest absolute Gasteiger partial charge is 0.423 e. The molecule has 3 aromatic rings. The van der Waals surface area contributed by atoms with Crippen molar-refractivity contribution < 1.29 is 23.5 Å². The Hall–Kier alpha value is -3.42. The van der Waals surface area contributed by atoms with Gasteiger partial charge in [0.1, 0.15) is 11.6 Å². The molecular weight excluding hydrogens is 441 g/mol. The van der Waals surface area contributed by atoms with E-state index in [1.54, 1.807) is 54.6 Å². The summed E-state index contributed by atoms with van der Waals surface area (Å²) in [6.45, 7) is 0. The van der Waals surface area contributed by atoms with Crippen molar-refractivity contribution in [3.05, 3.63) is 99.7 Å². The van der Waals surface area contributed by atoms with Gasteiger partial charge in [0, 0.05) is 5.02 Å². The van der Waals surface area contributed by atoms with Crippen LogP contribution in [-0.2, 0) is 4.79 Å². The second-order valence-corrected chi connectivity index (χ2v) is 7.89. The summed E-state index contributed by atoms with van der Waals surface area (Å²) < 4.78 is 18.2. The van der Waals surface area contributed by atoms with Gasteiger partial charge in [0.2, 0.25) is 0 Å². The number of amides is 2. The van der Waals surface area contributed by atoms with E-state index in [4.69, 9.17) is 16.3 Å². The Morgan fingerprint density at radius 2 is 1.58 bits per heavy atom. The maximum atomic E-state index is 13.0. The molecule has 1 aliphatic heterocycles. The molecule has 1 heterocycles. The zero-order chi connectivity index (χ0) is 22.0. The summed E-state index contributed by atoms with van der Waals surface area (Å²) in [4.78, 5) is 38.5. The molecule has 1 aliphatic rings. The molecule has 1 fully saturated rings. The van der Waals surface area contributed by atoms with Crippen molar-refractivity contribution in [1.29, 1.82) is 0 Å². The summed E-state index contributed by atoms with van der Waals surface area (Å²) in [6, 6.07) is 17.9. The SMILES string of the molecule is O=C(Oc1ccc(/C=C2\SC(=O)N(c3ccc(Cl)cc3)C2=O)cc1)c1ccc(F)cc1. The number of imide groups is 1. The van der Waals surface area contributed by atoms with Crippen molar-refractivity contribution in [3.63, 3.8) is 0 Å². The van der Waals surface area contributed by atoms with Gasteiger partial charge in [0.25, 0.3) is 11.1 Å². The smallest absolute Gasteiger partial charge is 0.343 e. The second kappa shape index (κ2) is 8.75. The number of nitrogens with zero attached hydrogens (tertiary/aromatic N) is 1. The number of hydrogen-bond donors (Lipinski definition) is 0. The Labute approximate surface area is 186 Å². The van der Waals surface area contributed by atoms with E-state index in [1.165, 1.54) is 24.3 Å². The highest BCUT2D eigenvalue weighted by molar-refractivity contribution is 8.19. The van der Waals surface area contributed by atoms with Crippen LogP contribution >= 0.6 is 23.4 Å². The van der Waals surface area contributed by atoms with Gasteiger partial charge in [-0.3, -0.25) is 9.59 Å². The molecule has 3 aromatic carbocycles. The number of carbonyl (C=O) groups excluding carboxylic acids is 3. The van der Waals surface area contributed by atoms with E-state index >= 15 is 0 Å². The van der Waals surface area contributed by atoms with Crippen molar-refractivity contribution in [2.75, 3.05) is 4.90 Å². The van der Waals surface area contributed by atoms with Crippen molar-refractivity contribution in [2.45, 2.75) is 0 Å². The van der Waals surface area contributed by atoms with Crippen LogP contribution in [0.1, 0.15) is 15.9 Å². The van der Waals surface area contributed by atoms with Crippen molar-refractivity contribution in [2.24, 2.45) is 0 Å². The van der Waals surface area contributed by atoms with E-state index in [2.05, 4.69) is 0 Å². The van der Waals surface area contributed by atoms with Gasteiger partial charge in [0.15, 0.2) is 0 Å². The average molecular weight is 454 g/mol. The molecule has 0 radical (unpaired) electrons. The van der Waals surface area contributed by atoms with Crippen molar-refractivity contribution in [3.8, 4) is 5.75 Å². The van der Waals surface area contributed by atoms with Crippen LogP contribution in [0.4, 0.5) is 14.9 Å². The number of ether oxygens (including phenoxy) is 1. The van der Waals surface area contributed by atoms with Crippen LogP contribution in [0.2, 0.25) is 5.02 Å². The van der Waals surface area contributed by atoms with Crippen LogP contribution in [-0.4, -0.2) is 17.1 Å². The van der Waals surface area contributed by atoms with Crippen LogP contribution in [0.5, 0.6) is 5.75 Å². The van der Waals surface area contributed by atoms with Crippen LogP contribution in [0.15, 0.2) is 77.7 Å².